The standard InChI is InChI=1S/C22H19F3N4O3/c23-22(24,25)19-17(18(30)21(32)28-10-5-2-6-11-28)29-12-9-14(13-16(29)27-19)20(31)26-15-7-3-1-4-8-15/h1,3-4,7-9,12-13H,2,5-6,10-11H2,(H,26,31). The normalized spacial score (nSPS) is 14.4. The number of aromatic nitrogens is 2. The van der Waals surface area contributed by atoms with E-state index in [1.54, 1.807) is 30.3 Å². The number of halogens is 3. The maximum absolute atomic E-state index is 13.7. The van der Waals surface area contributed by atoms with Crippen molar-refractivity contribution in [3.63, 3.8) is 0 Å². The fraction of sp³-hybridized carbons (Fsp3) is 0.273. The van der Waals surface area contributed by atoms with E-state index in [9.17, 15) is 27.6 Å². The molecule has 0 bridgehead atoms. The molecule has 0 saturated carbocycles. The molecule has 3 aromatic rings. The van der Waals surface area contributed by atoms with Crippen LogP contribution in [0.5, 0.6) is 0 Å². The van der Waals surface area contributed by atoms with E-state index in [0.717, 1.165) is 23.1 Å². The summed E-state index contributed by atoms with van der Waals surface area (Å²) in [4.78, 5) is 42.7. The highest BCUT2D eigenvalue weighted by Crippen LogP contribution is 2.33. The number of pyridine rings is 1. The molecule has 7 nitrogen and oxygen atoms in total. The van der Waals surface area contributed by atoms with Gasteiger partial charge in [0.2, 0.25) is 0 Å². The Morgan fingerprint density at radius 1 is 0.969 bits per heavy atom. The van der Waals surface area contributed by atoms with Crippen molar-refractivity contribution >= 4 is 28.9 Å². The Balaban J connectivity index is 1.71. The van der Waals surface area contributed by atoms with Gasteiger partial charge in [0.05, 0.1) is 0 Å². The molecule has 166 valence electrons. The predicted molar refractivity (Wildman–Crippen MR) is 109 cm³/mol. The van der Waals surface area contributed by atoms with Gasteiger partial charge in [0, 0.05) is 30.5 Å². The SMILES string of the molecule is O=C(Nc1ccccc1)c1ccn2c(C(=O)C(=O)N3CCCCC3)c(C(F)(F)F)nc2c1. The number of ketones is 1. The first-order valence-corrected chi connectivity index (χ1v) is 10.0. The van der Waals surface area contributed by atoms with Gasteiger partial charge in [-0.3, -0.25) is 18.8 Å². The van der Waals surface area contributed by atoms with Crippen molar-refractivity contribution in [1.29, 1.82) is 0 Å². The smallest absolute Gasteiger partial charge is 0.336 e. The van der Waals surface area contributed by atoms with Crippen molar-refractivity contribution in [1.82, 2.24) is 14.3 Å². The maximum Gasteiger partial charge on any atom is 0.435 e. The Morgan fingerprint density at radius 2 is 1.66 bits per heavy atom. The number of hydrogen-bond donors (Lipinski definition) is 1. The second kappa shape index (κ2) is 8.45. The van der Waals surface area contributed by atoms with Crippen molar-refractivity contribution < 1.29 is 27.6 Å². The van der Waals surface area contributed by atoms with Gasteiger partial charge in [-0.1, -0.05) is 18.2 Å². The zero-order chi connectivity index (χ0) is 22.9. The molecule has 0 spiro atoms. The molecule has 0 unspecified atom stereocenters. The number of piperidine rings is 1. The Kier molecular flexibility index (Phi) is 5.68. The first-order valence-electron chi connectivity index (χ1n) is 10.0. The highest BCUT2D eigenvalue weighted by Gasteiger charge is 2.42. The molecule has 0 atom stereocenters. The fourth-order valence-corrected chi connectivity index (χ4v) is 3.67. The van der Waals surface area contributed by atoms with Crippen LogP contribution in [0.15, 0.2) is 48.7 Å². The van der Waals surface area contributed by atoms with E-state index in [1.165, 1.54) is 11.0 Å². The Hall–Kier alpha value is -3.69. The second-order valence-electron chi connectivity index (χ2n) is 7.45. The number of rotatable bonds is 4. The minimum Gasteiger partial charge on any atom is -0.336 e. The number of imidazole rings is 1. The molecule has 1 fully saturated rings. The third-order valence-corrected chi connectivity index (χ3v) is 5.24. The summed E-state index contributed by atoms with van der Waals surface area (Å²) in [5.74, 6) is -2.80. The van der Waals surface area contributed by atoms with E-state index in [0.29, 0.717) is 31.6 Å². The van der Waals surface area contributed by atoms with Crippen LogP contribution in [0.1, 0.15) is 45.8 Å². The van der Waals surface area contributed by atoms with Crippen molar-refractivity contribution in [3.8, 4) is 0 Å². The molecule has 1 aliphatic heterocycles. The number of hydrogen-bond acceptors (Lipinski definition) is 4. The van der Waals surface area contributed by atoms with Gasteiger partial charge in [0.25, 0.3) is 17.6 Å². The Morgan fingerprint density at radius 3 is 2.31 bits per heavy atom. The topological polar surface area (TPSA) is 83.8 Å². The minimum atomic E-state index is -4.95. The van der Waals surface area contributed by atoms with Crippen molar-refractivity contribution in [3.05, 3.63) is 65.6 Å². The molecule has 1 N–H and O–H groups in total. The van der Waals surface area contributed by atoms with Gasteiger partial charge in [-0.25, -0.2) is 4.98 Å². The van der Waals surface area contributed by atoms with Crippen molar-refractivity contribution in [2.24, 2.45) is 0 Å². The van der Waals surface area contributed by atoms with Crippen LogP contribution < -0.4 is 5.32 Å². The molecule has 10 heteroatoms. The lowest BCUT2D eigenvalue weighted by atomic mass is 10.1. The highest BCUT2D eigenvalue weighted by atomic mass is 19.4. The molecule has 0 aliphatic carbocycles. The number of amides is 2. The fourth-order valence-electron chi connectivity index (χ4n) is 3.67. The number of carbonyl (C=O) groups excluding carboxylic acids is 3. The van der Waals surface area contributed by atoms with Crippen LogP contribution in [-0.4, -0.2) is 45.0 Å². The zero-order valence-corrected chi connectivity index (χ0v) is 16.9. The molecule has 1 aromatic carbocycles. The lowest BCUT2D eigenvalue weighted by Crippen LogP contribution is -2.40. The third-order valence-electron chi connectivity index (χ3n) is 5.24. The summed E-state index contributed by atoms with van der Waals surface area (Å²) in [6, 6.07) is 11.0. The minimum absolute atomic E-state index is 0.0569. The van der Waals surface area contributed by atoms with Crippen LogP contribution in [0.4, 0.5) is 18.9 Å². The summed E-state index contributed by atoms with van der Waals surface area (Å²) in [6.45, 7) is 0.652. The summed E-state index contributed by atoms with van der Waals surface area (Å²) in [6.07, 6.45) is -1.52. The summed E-state index contributed by atoms with van der Waals surface area (Å²) >= 11 is 0. The number of nitrogens with one attached hydrogen (secondary N) is 1. The van der Waals surface area contributed by atoms with Crippen molar-refractivity contribution in [2.75, 3.05) is 18.4 Å². The number of nitrogens with zero attached hydrogens (tertiary/aromatic N) is 3. The van der Waals surface area contributed by atoms with Crippen LogP contribution in [0.3, 0.4) is 0 Å². The van der Waals surface area contributed by atoms with E-state index in [2.05, 4.69) is 10.3 Å². The van der Waals surface area contributed by atoms with Gasteiger partial charge in [0.1, 0.15) is 11.3 Å². The number of carbonyl (C=O) groups is 3. The molecule has 1 saturated heterocycles. The van der Waals surface area contributed by atoms with E-state index in [1.807, 2.05) is 0 Å². The Bertz CT molecular complexity index is 1180. The third kappa shape index (κ3) is 4.20. The van der Waals surface area contributed by atoms with Crippen LogP contribution in [0, 0.1) is 0 Å². The van der Waals surface area contributed by atoms with E-state index >= 15 is 0 Å². The van der Waals surface area contributed by atoms with Crippen molar-refractivity contribution in [2.45, 2.75) is 25.4 Å². The Labute approximate surface area is 180 Å². The molecule has 2 aromatic heterocycles. The molecule has 4 rings (SSSR count). The number of alkyl halides is 3. The largest absolute Gasteiger partial charge is 0.435 e. The number of likely N-dealkylation sites (tertiary alicyclic amines) is 1. The average Bonchev–Trinajstić information content (AvgIpc) is 3.19. The number of fused-ring (bicyclic) bond motifs is 1. The second-order valence-corrected chi connectivity index (χ2v) is 7.45. The quantitative estimate of drug-likeness (QED) is 0.490. The first-order chi connectivity index (χ1) is 15.3. The van der Waals surface area contributed by atoms with Gasteiger partial charge in [-0.2, -0.15) is 13.2 Å². The lowest BCUT2D eigenvalue weighted by Gasteiger charge is -2.25. The van der Waals surface area contributed by atoms with Crippen LogP contribution >= 0.6 is 0 Å². The van der Waals surface area contributed by atoms with Gasteiger partial charge in [-0.15, -0.1) is 0 Å². The summed E-state index contributed by atoms with van der Waals surface area (Å²) in [5.41, 5.74) is -1.99. The molecule has 0 radical (unpaired) electrons. The summed E-state index contributed by atoms with van der Waals surface area (Å²) in [5, 5.41) is 2.63. The van der Waals surface area contributed by atoms with Crippen LogP contribution in [0.25, 0.3) is 5.65 Å². The van der Waals surface area contributed by atoms with E-state index in [-0.39, 0.29) is 11.2 Å². The molecular weight excluding hydrogens is 425 g/mol. The number of anilines is 1. The van der Waals surface area contributed by atoms with E-state index < -0.39 is 35.2 Å². The van der Waals surface area contributed by atoms with Gasteiger partial charge < -0.3 is 10.2 Å². The highest BCUT2D eigenvalue weighted by molar-refractivity contribution is 6.42. The first kappa shape index (κ1) is 21.5. The molecule has 1 aliphatic rings. The molecule has 3 heterocycles. The molecule has 2 amide bonds. The number of benzene rings is 1. The van der Waals surface area contributed by atoms with Gasteiger partial charge in [-0.05, 0) is 43.5 Å². The predicted octanol–water partition coefficient (Wildman–Crippen LogP) is 3.80. The maximum atomic E-state index is 13.7. The average molecular weight is 444 g/mol. The van der Waals surface area contributed by atoms with Crippen LogP contribution in [0.2, 0.25) is 0 Å². The number of Topliss-reactive ketones (excluding diaryl/α,β-unsaturated/α-hetero) is 1. The summed E-state index contributed by atoms with van der Waals surface area (Å²) in [7, 11) is 0. The lowest BCUT2D eigenvalue weighted by molar-refractivity contribution is -0.141. The summed E-state index contributed by atoms with van der Waals surface area (Å²) < 4.78 is 41.9. The number of para-hydroxylation sites is 1. The monoisotopic (exact) mass is 444 g/mol. The van der Waals surface area contributed by atoms with E-state index in [4.69, 9.17) is 0 Å². The molecular formula is C22H19F3N4O3. The van der Waals surface area contributed by atoms with Gasteiger partial charge >= 0.3 is 6.18 Å². The van der Waals surface area contributed by atoms with Crippen LogP contribution in [-0.2, 0) is 11.0 Å². The van der Waals surface area contributed by atoms with Gasteiger partial charge in [0.15, 0.2) is 5.69 Å². The molecule has 32 heavy (non-hydrogen) atoms. The zero-order valence-electron chi connectivity index (χ0n) is 16.9.